The van der Waals surface area contributed by atoms with Crippen LogP contribution in [0, 0.1) is 11.8 Å². The number of nitrogens with zero attached hydrogens (tertiary/aromatic N) is 5. The summed E-state index contributed by atoms with van der Waals surface area (Å²) in [6, 6.07) is 20.9. The molecule has 3 amide bonds. The third-order valence-corrected chi connectivity index (χ3v) is 13.6. The number of fused-ring (bicyclic) bond motifs is 5. The number of rotatable bonds is 16. The van der Waals surface area contributed by atoms with Crippen molar-refractivity contribution in [3.05, 3.63) is 96.3 Å². The highest BCUT2D eigenvalue weighted by atomic mass is 16.6. The molecule has 2 fully saturated rings. The van der Waals surface area contributed by atoms with Gasteiger partial charge in [0, 0.05) is 47.8 Å². The summed E-state index contributed by atoms with van der Waals surface area (Å²) in [6.07, 6.45) is 5.26. The number of imidazole rings is 2. The first kappa shape index (κ1) is 47.4. The Balaban J connectivity index is 1.03. The van der Waals surface area contributed by atoms with Crippen molar-refractivity contribution in [3.63, 3.8) is 0 Å². The summed E-state index contributed by atoms with van der Waals surface area (Å²) in [5.41, 5.74) is 7.29. The molecule has 0 aliphatic carbocycles. The Bertz CT molecular complexity index is 2810. The minimum atomic E-state index is -1.26. The Hall–Kier alpha value is -6.69. The predicted molar refractivity (Wildman–Crippen MR) is 260 cm³/mol. The largest absolute Gasteiger partial charge is 0.494 e. The second kappa shape index (κ2) is 20.1. The molecule has 3 aromatic carbocycles. The summed E-state index contributed by atoms with van der Waals surface area (Å²) in [7, 11) is 2.68. The topological polar surface area (TPSA) is 201 Å². The van der Waals surface area contributed by atoms with Crippen LogP contribution in [0.25, 0.3) is 44.7 Å². The monoisotopic (exact) mass is 941 g/mol. The van der Waals surface area contributed by atoms with Gasteiger partial charge in [-0.2, -0.15) is 0 Å². The zero-order valence-electron chi connectivity index (χ0n) is 40.3. The second-order valence-electron chi connectivity index (χ2n) is 18.9. The number of nitrogens with one attached hydrogen (secondary N) is 4. The van der Waals surface area contributed by atoms with Crippen molar-refractivity contribution < 1.29 is 38.4 Å². The van der Waals surface area contributed by atoms with E-state index in [9.17, 15) is 19.5 Å². The van der Waals surface area contributed by atoms with E-state index in [4.69, 9.17) is 28.9 Å². The van der Waals surface area contributed by atoms with Crippen molar-refractivity contribution in [3.8, 4) is 45.3 Å². The van der Waals surface area contributed by atoms with Crippen molar-refractivity contribution >= 4 is 28.8 Å². The number of aromatic amines is 2. The van der Waals surface area contributed by atoms with Gasteiger partial charge in [-0.1, -0.05) is 58.9 Å². The summed E-state index contributed by atoms with van der Waals surface area (Å²) in [5, 5.41) is 16.8. The zero-order valence-corrected chi connectivity index (χ0v) is 40.3. The van der Waals surface area contributed by atoms with Gasteiger partial charge in [-0.05, 0) is 86.4 Å². The van der Waals surface area contributed by atoms with Crippen LogP contribution in [0.15, 0.2) is 79.1 Å². The van der Waals surface area contributed by atoms with E-state index in [0.29, 0.717) is 37.1 Å². The normalized spacial score (nSPS) is 19.1. The Morgan fingerprint density at radius 1 is 0.826 bits per heavy atom. The summed E-state index contributed by atoms with van der Waals surface area (Å²) >= 11 is 0. The fourth-order valence-electron chi connectivity index (χ4n) is 9.99. The Morgan fingerprint density at radius 3 is 2.09 bits per heavy atom. The lowest BCUT2D eigenvalue weighted by atomic mass is 10.0. The van der Waals surface area contributed by atoms with Gasteiger partial charge in [0.25, 0.3) is 0 Å². The molecular weight excluding hydrogens is 879 g/mol. The molecule has 0 saturated carbocycles. The maximum absolute atomic E-state index is 13.9. The SMILES string of the molecule is CCCOc1cccc(C2Oc3cc(-c4cnc(C5CCCN5C(=O)C(NC(O)OC)C(C)C)[nH]4)ccc3-c3cc4cc(-c5cnc(C6CCCN6C(=O)C(NC(=O)OC)C(C)C)[nH]5)ccc4n32)c1. The van der Waals surface area contributed by atoms with Crippen LogP contribution in [0.2, 0.25) is 0 Å². The molecule has 6 unspecified atom stereocenters. The first-order valence-electron chi connectivity index (χ1n) is 24.1. The van der Waals surface area contributed by atoms with Gasteiger partial charge in [0.2, 0.25) is 24.5 Å². The predicted octanol–water partition coefficient (Wildman–Crippen LogP) is 8.06. The Labute approximate surface area is 401 Å². The lowest BCUT2D eigenvalue weighted by Crippen LogP contribution is -2.52. The van der Waals surface area contributed by atoms with Crippen LogP contribution in [0.1, 0.15) is 102 Å². The minimum Gasteiger partial charge on any atom is -0.494 e. The van der Waals surface area contributed by atoms with Crippen LogP contribution in [-0.4, -0.2) is 110 Å². The lowest BCUT2D eigenvalue weighted by molar-refractivity contribution is -0.145. The highest BCUT2D eigenvalue weighted by molar-refractivity contribution is 5.93. The van der Waals surface area contributed by atoms with Crippen LogP contribution in [0.5, 0.6) is 11.5 Å². The highest BCUT2D eigenvalue weighted by Crippen LogP contribution is 2.47. The summed E-state index contributed by atoms with van der Waals surface area (Å²) in [5.74, 6) is 2.40. The van der Waals surface area contributed by atoms with Crippen LogP contribution in [0.4, 0.5) is 4.79 Å². The van der Waals surface area contributed by atoms with Crippen molar-refractivity contribution in [2.45, 2.75) is 104 Å². The first-order chi connectivity index (χ1) is 33.4. The lowest BCUT2D eigenvalue weighted by Gasteiger charge is -2.31. The van der Waals surface area contributed by atoms with Crippen molar-refractivity contribution in [2.24, 2.45) is 11.8 Å². The highest BCUT2D eigenvalue weighted by Gasteiger charge is 2.39. The molecule has 5 N–H and O–H groups in total. The van der Waals surface area contributed by atoms with E-state index in [1.807, 2.05) is 74.2 Å². The third kappa shape index (κ3) is 9.42. The molecule has 3 aliphatic rings. The fourth-order valence-corrected chi connectivity index (χ4v) is 9.99. The van der Waals surface area contributed by atoms with Crippen LogP contribution >= 0.6 is 0 Å². The molecule has 0 bridgehead atoms. The van der Waals surface area contributed by atoms with Gasteiger partial charge < -0.3 is 53.7 Å². The number of amides is 3. The number of carbonyl (C=O) groups excluding carboxylic acids is 3. The van der Waals surface area contributed by atoms with E-state index >= 15 is 0 Å². The van der Waals surface area contributed by atoms with E-state index in [1.54, 1.807) is 0 Å². The number of aliphatic hydroxyl groups excluding tert-OH is 1. The van der Waals surface area contributed by atoms with Crippen molar-refractivity contribution in [1.29, 1.82) is 0 Å². The molecule has 6 aromatic rings. The molecule has 6 heterocycles. The second-order valence-corrected chi connectivity index (χ2v) is 18.9. The number of alkyl carbamates (subject to hydrolysis) is 1. The average Bonchev–Trinajstić information content (AvgIpc) is 4.22. The summed E-state index contributed by atoms with van der Waals surface area (Å²) < 4.78 is 25.2. The maximum Gasteiger partial charge on any atom is 0.407 e. The van der Waals surface area contributed by atoms with Gasteiger partial charge in [0.05, 0.1) is 66.8 Å². The molecule has 3 aliphatic heterocycles. The molecule has 69 heavy (non-hydrogen) atoms. The number of ether oxygens (including phenoxy) is 4. The quantitative estimate of drug-likeness (QED) is 0.0588. The summed E-state index contributed by atoms with van der Waals surface area (Å²) in [6.45, 7) is 11.5. The molecule has 17 heteroatoms. The number of aliphatic hydroxyl groups is 1. The van der Waals surface area contributed by atoms with Crippen LogP contribution in [-0.2, 0) is 19.1 Å². The smallest absolute Gasteiger partial charge is 0.407 e. The van der Waals surface area contributed by atoms with E-state index in [2.05, 4.69) is 74.6 Å². The van der Waals surface area contributed by atoms with Gasteiger partial charge in [-0.25, -0.2) is 14.8 Å². The first-order valence-corrected chi connectivity index (χ1v) is 24.1. The molecule has 9 rings (SSSR count). The van der Waals surface area contributed by atoms with E-state index < -0.39 is 30.8 Å². The zero-order chi connectivity index (χ0) is 48.5. The third-order valence-electron chi connectivity index (χ3n) is 13.6. The maximum atomic E-state index is 13.9. The van der Waals surface area contributed by atoms with E-state index in [0.717, 1.165) is 88.1 Å². The Kier molecular flexibility index (Phi) is 13.8. The molecule has 3 aromatic heterocycles. The fraction of sp³-hybridized carbons (Fsp3) is 0.442. The van der Waals surface area contributed by atoms with Gasteiger partial charge in [-0.15, -0.1) is 0 Å². The van der Waals surface area contributed by atoms with Crippen molar-refractivity contribution in [1.82, 2.24) is 44.9 Å². The number of hydrogen-bond acceptors (Lipinski definition) is 11. The van der Waals surface area contributed by atoms with Gasteiger partial charge in [0.1, 0.15) is 29.2 Å². The number of H-pyrrole nitrogens is 2. The number of methoxy groups -OCH3 is 2. The number of hydrogen-bond donors (Lipinski definition) is 5. The number of carbonyl (C=O) groups is 3. The molecule has 6 atom stereocenters. The number of likely N-dealkylation sites (tertiary alicyclic amines) is 2. The van der Waals surface area contributed by atoms with Crippen LogP contribution < -0.4 is 20.1 Å². The van der Waals surface area contributed by atoms with Crippen LogP contribution in [0.3, 0.4) is 0 Å². The molecule has 2 saturated heterocycles. The van der Waals surface area contributed by atoms with Gasteiger partial charge >= 0.3 is 6.09 Å². The minimum absolute atomic E-state index is 0.0803. The van der Waals surface area contributed by atoms with Gasteiger partial charge in [0.15, 0.2) is 0 Å². The molecule has 17 nitrogen and oxygen atoms in total. The average molecular weight is 942 g/mol. The summed E-state index contributed by atoms with van der Waals surface area (Å²) in [4.78, 5) is 60.2. The van der Waals surface area contributed by atoms with E-state index in [1.165, 1.54) is 14.2 Å². The number of aromatic nitrogens is 5. The molecule has 0 radical (unpaired) electrons. The van der Waals surface area contributed by atoms with Gasteiger partial charge in [-0.3, -0.25) is 14.9 Å². The molecule has 364 valence electrons. The number of benzene rings is 3. The molecular formula is C52H63N9O8. The van der Waals surface area contributed by atoms with Crippen molar-refractivity contribution in [2.75, 3.05) is 33.9 Å². The van der Waals surface area contributed by atoms with E-state index in [-0.39, 0.29) is 35.7 Å². The standard InChI is InChI=1S/C52H63N9O8/c1-8-22-68-35-13-9-12-33(24-35)50-61-39-19-17-31(37-27-53-46(55-37)40-14-10-20-59(40)48(62)44(29(2)3)57-51(64)66-6)23-34(39)25-42(61)36-18-16-32(26-43(36)69-50)38-28-54-47(56-38)41-15-11-21-60(41)49(63)45(30(4)5)58-52(65)67-7/h9,12-13,16-19,23-30,40-41,44-45,50,52,58,65H,8,10-11,14-15,20-22H2,1-7H3,(H,53,55)(H,54,56)(H,57,64). The molecule has 0 spiro atoms. The Morgan fingerprint density at radius 2 is 1.46 bits per heavy atom.